The Bertz CT molecular complexity index is 1600. The Hall–Kier alpha value is -2.78. The van der Waals surface area contributed by atoms with Crippen molar-refractivity contribution < 1.29 is 16.8 Å². The average Bonchev–Trinajstić information content (AvgIpc) is 2.91. The highest BCUT2D eigenvalue weighted by Crippen LogP contribution is 2.51. The van der Waals surface area contributed by atoms with Crippen LogP contribution in [0.4, 0.5) is 0 Å². The quantitative estimate of drug-likeness (QED) is 0.342. The molecular weight excluding hydrogens is 563 g/mol. The Morgan fingerprint density at radius 3 is 1.29 bits per heavy atom. The lowest BCUT2D eigenvalue weighted by Gasteiger charge is -2.48. The lowest BCUT2D eigenvalue weighted by molar-refractivity contribution is 0.226. The molecular formula is C28H22Cl2N2O4S2. The summed E-state index contributed by atoms with van der Waals surface area (Å²) in [5.41, 5.74) is 2.06. The molecule has 0 spiro atoms. The van der Waals surface area contributed by atoms with E-state index in [1.165, 1.54) is 48.5 Å². The Balaban J connectivity index is 1.57. The minimum Gasteiger partial charge on any atom is -0.199 e. The van der Waals surface area contributed by atoms with Crippen LogP contribution in [-0.2, 0) is 20.0 Å². The topological polar surface area (TPSA) is 93.0 Å². The summed E-state index contributed by atoms with van der Waals surface area (Å²) in [7, 11) is -8.10. The highest BCUT2D eigenvalue weighted by Gasteiger charge is 2.50. The van der Waals surface area contributed by atoms with E-state index in [1.807, 2.05) is 0 Å². The first-order chi connectivity index (χ1) is 18.1. The van der Waals surface area contributed by atoms with E-state index in [9.17, 15) is 16.8 Å². The zero-order chi connectivity index (χ0) is 26.7. The largest absolute Gasteiger partial charge is 0.282 e. The summed E-state index contributed by atoms with van der Waals surface area (Å²) in [6.45, 7) is 0. The van der Waals surface area contributed by atoms with Crippen molar-refractivity contribution in [3.05, 3.63) is 106 Å². The lowest BCUT2D eigenvalue weighted by atomic mass is 9.55. The molecule has 7 rings (SSSR count). The average molecular weight is 586 g/mol. The molecule has 3 aromatic carbocycles. The van der Waals surface area contributed by atoms with Crippen molar-refractivity contribution in [2.45, 2.75) is 22.6 Å². The monoisotopic (exact) mass is 584 g/mol. The van der Waals surface area contributed by atoms with Crippen LogP contribution in [0.15, 0.2) is 104 Å². The molecule has 4 atom stereocenters. The first kappa shape index (κ1) is 25.5. The normalized spacial score (nSPS) is 26.4. The van der Waals surface area contributed by atoms with Gasteiger partial charge in [-0.3, -0.25) is 0 Å². The molecule has 194 valence electrons. The fourth-order valence-electron chi connectivity index (χ4n) is 5.83. The van der Waals surface area contributed by atoms with E-state index in [1.54, 1.807) is 24.3 Å². The van der Waals surface area contributed by atoms with Crippen molar-refractivity contribution in [1.29, 1.82) is 0 Å². The zero-order valence-electron chi connectivity index (χ0n) is 19.9. The van der Waals surface area contributed by atoms with Crippen LogP contribution in [-0.4, -0.2) is 28.3 Å². The number of hydrogen-bond donors (Lipinski definition) is 0. The number of rotatable bonds is 4. The maximum atomic E-state index is 13.4. The van der Waals surface area contributed by atoms with Crippen molar-refractivity contribution in [2.24, 2.45) is 32.5 Å². The van der Waals surface area contributed by atoms with E-state index < -0.39 is 20.0 Å². The van der Waals surface area contributed by atoms with Gasteiger partial charge in [0.05, 0.1) is 21.2 Å². The van der Waals surface area contributed by atoms with E-state index in [4.69, 9.17) is 23.2 Å². The van der Waals surface area contributed by atoms with E-state index in [-0.39, 0.29) is 33.5 Å². The second kappa shape index (κ2) is 9.45. The van der Waals surface area contributed by atoms with Gasteiger partial charge >= 0.3 is 0 Å². The van der Waals surface area contributed by atoms with E-state index in [0.717, 1.165) is 12.8 Å². The molecule has 0 saturated heterocycles. The molecule has 4 unspecified atom stereocenters. The summed E-state index contributed by atoms with van der Waals surface area (Å²) in [6, 6.07) is 19.0. The second-order valence-electron chi connectivity index (χ2n) is 9.70. The molecule has 0 aliphatic heterocycles. The maximum Gasteiger partial charge on any atom is 0.282 e. The van der Waals surface area contributed by atoms with Crippen LogP contribution in [0, 0.1) is 23.7 Å². The summed E-state index contributed by atoms with van der Waals surface area (Å²) in [5, 5.41) is 0.856. The number of hydrogen-bond acceptors (Lipinski definition) is 4. The molecule has 6 nitrogen and oxygen atoms in total. The molecule has 3 aromatic rings. The number of fused-ring (bicyclic) bond motifs is 2. The van der Waals surface area contributed by atoms with Gasteiger partial charge in [-0.25, -0.2) is 0 Å². The van der Waals surface area contributed by atoms with Crippen molar-refractivity contribution in [3.63, 3.8) is 0 Å². The van der Waals surface area contributed by atoms with E-state index in [2.05, 4.69) is 20.9 Å². The van der Waals surface area contributed by atoms with Gasteiger partial charge in [0.2, 0.25) is 0 Å². The molecule has 0 N–H and O–H groups in total. The van der Waals surface area contributed by atoms with Gasteiger partial charge in [-0.2, -0.15) is 25.6 Å². The fourth-order valence-corrected chi connectivity index (χ4v) is 8.21. The highest BCUT2D eigenvalue weighted by molar-refractivity contribution is 7.90. The number of allylic oxidation sites excluding steroid dienone is 2. The third-order valence-electron chi connectivity index (χ3n) is 7.52. The van der Waals surface area contributed by atoms with Crippen LogP contribution >= 0.6 is 23.2 Å². The molecule has 38 heavy (non-hydrogen) atoms. The highest BCUT2D eigenvalue weighted by atomic mass is 35.5. The van der Waals surface area contributed by atoms with Crippen molar-refractivity contribution >= 4 is 54.7 Å². The van der Waals surface area contributed by atoms with Crippen molar-refractivity contribution in [1.82, 2.24) is 0 Å². The van der Waals surface area contributed by atoms with E-state index >= 15 is 0 Å². The Morgan fingerprint density at radius 2 is 0.947 bits per heavy atom. The Kier molecular flexibility index (Phi) is 6.34. The zero-order valence-corrected chi connectivity index (χ0v) is 23.1. The summed E-state index contributed by atoms with van der Waals surface area (Å²) in [4.78, 5) is 0.0921. The number of nitrogens with zero attached hydrogens (tertiary/aromatic N) is 2. The second-order valence-corrected chi connectivity index (χ2v) is 13.8. The molecule has 0 radical (unpaired) electrons. The van der Waals surface area contributed by atoms with Gasteiger partial charge in [-0.1, -0.05) is 59.6 Å². The molecule has 0 amide bonds. The molecule has 0 heterocycles. The molecule has 4 aliphatic rings. The van der Waals surface area contributed by atoms with Crippen LogP contribution < -0.4 is 0 Å². The predicted molar refractivity (Wildman–Crippen MR) is 149 cm³/mol. The fraction of sp³-hybridized carbons (Fsp3) is 0.214. The summed E-state index contributed by atoms with van der Waals surface area (Å²) >= 11 is 11.9. The van der Waals surface area contributed by atoms with Gasteiger partial charge < -0.3 is 0 Å². The smallest absolute Gasteiger partial charge is 0.199 e. The molecule has 2 bridgehead atoms. The van der Waals surface area contributed by atoms with Crippen molar-refractivity contribution in [3.8, 4) is 0 Å². The minimum atomic E-state index is -4.05. The van der Waals surface area contributed by atoms with Crippen LogP contribution in [0.25, 0.3) is 0 Å². The standard InChI is InChI=1S/C28H22Cl2N2O4S2/c29-19-9-13-21(14-10-19)37(33,34)31-27-23-3-1-2-4-24(23)28(26-18-7-5-17(6-8-18)25(26)27)32-38(35,36)22-15-11-20(30)12-16-22/h1-5,7,9-18,25-26H,6,8H2/b31-27+,32-28+. The third-order valence-corrected chi connectivity index (χ3v) is 10.6. The predicted octanol–water partition coefficient (Wildman–Crippen LogP) is 6.19. The number of halogens is 2. The maximum absolute atomic E-state index is 13.4. The van der Waals surface area contributed by atoms with Crippen LogP contribution in [0.5, 0.6) is 0 Å². The van der Waals surface area contributed by atoms with Crippen LogP contribution in [0.1, 0.15) is 24.0 Å². The third kappa shape index (κ3) is 4.43. The molecule has 1 fully saturated rings. The van der Waals surface area contributed by atoms with Gasteiger partial charge in [0.25, 0.3) is 20.0 Å². The molecule has 1 saturated carbocycles. The van der Waals surface area contributed by atoms with E-state index in [0.29, 0.717) is 32.6 Å². The minimum absolute atomic E-state index is 0.0148. The van der Waals surface area contributed by atoms with Crippen LogP contribution in [0.3, 0.4) is 0 Å². The number of benzene rings is 3. The Labute approximate surface area is 231 Å². The van der Waals surface area contributed by atoms with Gasteiger partial charge in [-0.05, 0) is 73.2 Å². The molecule has 10 heteroatoms. The van der Waals surface area contributed by atoms with Crippen molar-refractivity contribution in [2.75, 3.05) is 0 Å². The lowest BCUT2D eigenvalue weighted by Crippen LogP contribution is -2.49. The van der Waals surface area contributed by atoms with Crippen LogP contribution in [0.2, 0.25) is 10.0 Å². The van der Waals surface area contributed by atoms with Gasteiger partial charge in [0, 0.05) is 33.0 Å². The van der Waals surface area contributed by atoms with Gasteiger partial charge in [0.1, 0.15) is 0 Å². The summed E-state index contributed by atoms with van der Waals surface area (Å²) < 4.78 is 62.6. The SMILES string of the molecule is O=S(=O)(/N=C1\c2ccccc2/C(=N\S(=O)(=O)c2ccc(Cl)cc2)C2C3C=CC(CC3)C12)c1ccc(Cl)cc1. The van der Waals surface area contributed by atoms with Gasteiger partial charge in [-0.15, -0.1) is 0 Å². The summed E-state index contributed by atoms with van der Waals surface area (Å²) in [5.74, 6) is -0.619. The van der Waals surface area contributed by atoms with Gasteiger partial charge in [0.15, 0.2) is 0 Å². The Morgan fingerprint density at radius 1 is 0.579 bits per heavy atom. The first-order valence-electron chi connectivity index (χ1n) is 12.1. The number of sulfonamides is 2. The first-order valence-corrected chi connectivity index (χ1v) is 15.8. The molecule has 0 aromatic heterocycles. The molecule has 4 aliphatic carbocycles. The summed E-state index contributed by atoms with van der Waals surface area (Å²) in [6.07, 6.45) is 5.95.